The topological polar surface area (TPSA) is 77.5 Å². The summed E-state index contributed by atoms with van der Waals surface area (Å²) in [6.07, 6.45) is 7.30. The van der Waals surface area contributed by atoms with Gasteiger partial charge >= 0.3 is 11.9 Å². The Balaban J connectivity index is 2.23. The predicted molar refractivity (Wildman–Crippen MR) is 85.9 cm³/mol. The van der Waals surface area contributed by atoms with Gasteiger partial charge in [0.1, 0.15) is 5.82 Å². The number of hydrogen-bond donors (Lipinski definition) is 1. The van der Waals surface area contributed by atoms with Crippen LogP contribution in [-0.2, 0) is 31.9 Å². The highest BCUT2D eigenvalue weighted by atomic mass is 16.6. The van der Waals surface area contributed by atoms with Gasteiger partial charge in [-0.15, -0.1) is 0 Å². The molecule has 0 radical (unpaired) electrons. The van der Waals surface area contributed by atoms with Crippen LogP contribution in [0.2, 0.25) is 0 Å². The summed E-state index contributed by atoms with van der Waals surface area (Å²) in [5, 5.41) is 2.98. The second-order valence-corrected chi connectivity index (χ2v) is 5.15. The molecule has 0 spiro atoms. The van der Waals surface area contributed by atoms with Crippen molar-refractivity contribution in [3.63, 3.8) is 0 Å². The van der Waals surface area contributed by atoms with Crippen LogP contribution >= 0.6 is 0 Å². The minimum absolute atomic E-state index is 0.163. The van der Waals surface area contributed by atoms with E-state index in [1.54, 1.807) is 20.0 Å². The summed E-state index contributed by atoms with van der Waals surface area (Å²) in [6.45, 7) is 3.75. The third kappa shape index (κ3) is 4.31. The molecular formula is C17H22N2O4. The highest BCUT2D eigenvalue weighted by Crippen LogP contribution is 2.26. The zero-order valence-corrected chi connectivity index (χ0v) is 13.6. The summed E-state index contributed by atoms with van der Waals surface area (Å²) < 4.78 is 9.81. The maximum absolute atomic E-state index is 11.9. The molecule has 1 aliphatic rings. The SMILES string of the molecule is CCOC(=O)C(=CNc1nccc2c1CCCC2)C(=O)OCC. The van der Waals surface area contributed by atoms with Crippen LogP contribution in [0.4, 0.5) is 5.82 Å². The predicted octanol–water partition coefficient (Wildman–Crippen LogP) is 2.38. The van der Waals surface area contributed by atoms with Gasteiger partial charge in [0.15, 0.2) is 5.57 Å². The molecule has 1 aromatic rings. The number of carbonyl (C=O) groups excluding carboxylic acids is 2. The highest BCUT2D eigenvalue weighted by Gasteiger charge is 2.21. The summed E-state index contributed by atoms with van der Waals surface area (Å²) in [7, 11) is 0. The third-order valence-electron chi connectivity index (χ3n) is 3.62. The Morgan fingerprint density at radius 1 is 1.17 bits per heavy atom. The Morgan fingerprint density at radius 3 is 2.48 bits per heavy atom. The molecular weight excluding hydrogens is 296 g/mol. The van der Waals surface area contributed by atoms with Crippen LogP contribution in [0, 0.1) is 0 Å². The van der Waals surface area contributed by atoms with Gasteiger partial charge in [-0.3, -0.25) is 0 Å². The maximum Gasteiger partial charge on any atom is 0.347 e. The van der Waals surface area contributed by atoms with Gasteiger partial charge < -0.3 is 14.8 Å². The van der Waals surface area contributed by atoms with E-state index in [0.29, 0.717) is 5.82 Å². The molecule has 2 rings (SSSR count). The van der Waals surface area contributed by atoms with Crippen LogP contribution in [0.25, 0.3) is 0 Å². The van der Waals surface area contributed by atoms with Crippen LogP contribution in [-0.4, -0.2) is 30.1 Å². The lowest BCUT2D eigenvalue weighted by Crippen LogP contribution is -2.20. The number of rotatable bonds is 6. The molecule has 0 fully saturated rings. The van der Waals surface area contributed by atoms with Crippen molar-refractivity contribution in [2.45, 2.75) is 39.5 Å². The monoisotopic (exact) mass is 318 g/mol. The van der Waals surface area contributed by atoms with Gasteiger partial charge in [0.25, 0.3) is 0 Å². The third-order valence-corrected chi connectivity index (χ3v) is 3.62. The zero-order chi connectivity index (χ0) is 16.7. The Hall–Kier alpha value is -2.37. The van der Waals surface area contributed by atoms with Gasteiger partial charge in [-0.1, -0.05) is 0 Å². The number of hydrogen-bond acceptors (Lipinski definition) is 6. The van der Waals surface area contributed by atoms with Crippen molar-refractivity contribution in [1.82, 2.24) is 4.98 Å². The summed E-state index contributed by atoms with van der Waals surface area (Å²) in [5.41, 5.74) is 2.24. The largest absolute Gasteiger partial charge is 0.462 e. The Bertz CT molecular complexity index is 591. The second kappa shape index (κ2) is 8.31. The lowest BCUT2D eigenvalue weighted by atomic mass is 9.92. The number of esters is 2. The maximum atomic E-state index is 11.9. The van der Waals surface area contributed by atoms with Crippen molar-refractivity contribution in [2.75, 3.05) is 18.5 Å². The molecule has 124 valence electrons. The number of ether oxygens (including phenoxy) is 2. The fourth-order valence-corrected chi connectivity index (χ4v) is 2.55. The van der Waals surface area contributed by atoms with Gasteiger partial charge in [0.05, 0.1) is 13.2 Å². The minimum atomic E-state index is -0.705. The summed E-state index contributed by atoms with van der Waals surface area (Å²) >= 11 is 0. The highest BCUT2D eigenvalue weighted by molar-refractivity contribution is 6.14. The van der Waals surface area contributed by atoms with E-state index >= 15 is 0 Å². The lowest BCUT2D eigenvalue weighted by molar-refractivity contribution is -0.146. The molecule has 1 heterocycles. The zero-order valence-electron chi connectivity index (χ0n) is 13.6. The number of aryl methyl sites for hydroxylation is 1. The molecule has 1 aromatic heterocycles. The Labute approximate surface area is 135 Å². The second-order valence-electron chi connectivity index (χ2n) is 5.15. The van der Waals surface area contributed by atoms with Crippen LogP contribution in [0.5, 0.6) is 0 Å². The first kappa shape index (κ1) is 17.0. The van der Waals surface area contributed by atoms with E-state index in [1.807, 2.05) is 6.07 Å². The van der Waals surface area contributed by atoms with E-state index < -0.39 is 11.9 Å². The van der Waals surface area contributed by atoms with Crippen LogP contribution in [0.15, 0.2) is 24.0 Å². The standard InChI is InChI=1S/C17H22N2O4/c1-3-22-16(20)14(17(21)23-4-2)11-19-15-13-8-6-5-7-12(13)9-10-18-15/h9-11H,3-8H2,1-2H3,(H,18,19). The van der Waals surface area contributed by atoms with Crippen LogP contribution < -0.4 is 5.32 Å². The van der Waals surface area contributed by atoms with E-state index in [1.165, 1.54) is 18.2 Å². The first-order valence-electron chi connectivity index (χ1n) is 7.95. The van der Waals surface area contributed by atoms with E-state index in [-0.39, 0.29) is 18.8 Å². The lowest BCUT2D eigenvalue weighted by Gasteiger charge is -2.18. The first-order valence-corrected chi connectivity index (χ1v) is 7.95. The number of pyridine rings is 1. The van der Waals surface area contributed by atoms with E-state index in [4.69, 9.17) is 9.47 Å². The smallest absolute Gasteiger partial charge is 0.347 e. The molecule has 0 aromatic carbocycles. The van der Waals surface area contributed by atoms with Crippen molar-refractivity contribution >= 4 is 17.8 Å². The number of anilines is 1. The number of carbonyl (C=O) groups is 2. The van der Waals surface area contributed by atoms with Gasteiger partial charge in [-0.25, -0.2) is 14.6 Å². The van der Waals surface area contributed by atoms with E-state index in [9.17, 15) is 9.59 Å². The van der Waals surface area contributed by atoms with Crippen molar-refractivity contribution in [1.29, 1.82) is 0 Å². The molecule has 1 N–H and O–H groups in total. The van der Waals surface area contributed by atoms with E-state index in [2.05, 4.69) is 10.3 Å². The molecule has 23 heavy (non-hydrogen) atoms. The number of nitrogens with one attached hydrogen (secondary N) is 1. The van der Waals surface area contributed by atoms with Gasteiger partial charge in [-0.05, 0) is 56.7 Å². The fraction of sp³-hybridized carbons (Fsp3) is 0.471. The molecule has 6 heteroatoms. The molecule has 1 aliphatic carbocycles. The molecule has 0 amide bonds. The Morgan fingerprint density at radius 2 is 1.83 bits per heavy atom. The van der Waals surface area contributed by atoms with Crippen LogP contribution in [0.1, 0.15) is 37.8 Å². The van der Waals surface area contributed by atoms with Crippen molar-refractivity contribution in [2.24, 2.45) is 0 Å². The normalized spacial score (nSPS) is 12.8. The first-order chi connectivity index (χ1) is 11.2. The molecule has 0 saturated heterocycles. The average molecular weight is 318 g/mol. The minimum Gasteiger partial charge on any atom is -0.462 e. The molecule has 0 atom stereocenters. The quantitative estimate of drug-likeness (QED) is 0.375. The molecule has 0 saturated carbocycles. The van der Waals surface area contributed by atoms with Crippen molar-refractivity contribution < 1.29 is 19.1 Å². The fourth-order valence-electron chi connectivity index (χ4n) is 2.55. The summed E-state index contributed by atoms with van der Waals surface area (Å²) in [5.74, 6) is -0.736. The Kier molecular flexibility index (Phi) is 6.14. The summed E-state index contributed by atoms with van der Waals surface area (Å²) in [6, 6.07) is 2.01. The molecule has 6 nitrogen and oxygen atoms in total. The summed E-state index contributed by atoms with van der Waals surface area (Å²) in [4.78, 5) is 28.2. The number of nitrogens with zero attached hydrogens (tertiary/aromatic N) is 1. The molecule has 0 bridgehead atoms. The molecule has 0 aliphatic heterocycles. The number of fused-ring (bicyclic) bond motifs is 1. The molecule has 0 unspecified atom stereocenters. The van der Waals surface area contributed by atoms with Gasteiger partial charge in [0, 0.05) is 12.4 Å². The van der Waals surface area contributed by atoms with Gasteiger partial charge in [-0.2, -0.15) is 0 Å². The van der Waals surface area contributed by atoms with Crippen molar-refractivity contribution in [3.05, 3.63) is 35.2 Å². The van der Waals surface area contributed by atoms with Crippen molar-refractivity contribution in [3.8, 4) is 0 Å². The van der Waals surface area contributed by atoms with Crippen LogP contribution in [0.3, 0.4) is 0 Å². The van der Waals surface area contributed by atoms with E-state index in [0.717, 1.165) is 24.8 Å². The average Bonchev–Trinajstić information content (AvgIpc) is 2.55. The van der Waals surface area contributed by atoms with Gasteiger partial charge in [0.2, 0.25) is 0 Å². The number of aromatic nitrogens is 1.